The van der Waals surface area contributed by atoms with E-state index in [0.29, 0.717) is 11.4 Å². The number of nitrogens with one attached hydrogen (secondary N) is 1. The van der Waals surface area contributed by atoms with Gasteiger partial charge < -0.3 is 5.32 Å². The smallest absolute Gasteiger partial charge is 0.179 e. The first-order valence-corrected chi connectivity index (χ1v) is 8.93. The molecule has 20 heavy (non-hydrogen) atoms. The van der Waals surface area contributed by atoms with Gasteiger partial charge in [0.15, 0.2) is 9.84 Å². The van der Waals surface area contributed by atoms with Crippen molar-refractivity contribution in [2.75, 3.05) is 5.75 Å². The van der Waals surface area contributed by atoms with Gasteiger partial charge in [0.25, 0.3) is 0 Å². The predicted molar refractivity (Wildman–Crippen MR) is 81.6 cm³/mol. The maximum Gasteiger partial charge on any atom is 0.179 e. The van der Waals surface area contributed by atoms with E-state index in [9.17, 15) is 8.42 Å². The lowest BCUT2D eigenvalue weighted by atomic mass is 10.3. The Bertz CT molecular complexity index is 651. The van der Waals surface area contributed by atoms with Crippen LogP contribution in [0.15, 0.2) is 40.6 Å². The highest BCUT2D eigenvalue weighted by Gasteiger charge is 2.17. The first kappa shape index (κ1) is 15.2. The summed E-state index contributed by atoms with van der Waals surface area (Å²) in [4.78, 5) is 4.72. The van der Waals surface area contributed by atoms with Crippen molar-refractivity contribution in [3.63, 3.8) is 0 Å². The van der Waals surface area contributed by atoms with Crippen LogP contribution in [0.3, 0.4) is 0 Å². The van der Waals surface area contributed by atoms with E-state index < -0.39 is 9.84 Å². The number of nitrogens with zero attached hydrogens (tertiary/aromatic N) is 1. The van der Waals surface area contributed by atoms with E-state index >= 15 is 0 Å². The van der Waals surface area contributed by atoms with E-state index in [4.69, 9.17) is 0 Å². The summed E-state index contributed by atoms with van der Waals surface area (Å²) in [7, 11) is -3.24. The monoisotopic (exact) mass is 310 g/mol. The fraction of sp³-hybridized carbons (Fsp3) is 0.357. The molecule has 0 aliphatic heterocycles. The number of hydrogen-bond donors (Lipinski definition) is 1. The van der Waals surface area contributed by atoms with Crippen LogP contribution in [-0.2, 0) is 16.4 Å². The fourth-order valence-electron chi connectivity index (χ4n) is 1.88. The lowest BCUT2D eigenvalue weighted by Crippen LogP contribution is -2.32. The predicted octanol–water partition coefficient (Wildman–Crippen LogP) is 2.40. The Morgan fingerprint density at radius 1 is 1.30 bits per heavy atom. The Labute approximate surface area is 123 Å². The van der Waals surface area contributed by atoms with E-state index in [1.54, 1.807) is 35.6 Å². The van der Waals surface area contributed by atoms with Crippen LogP contribution in [0.5, 0.6) is 0 Å². The first-order chi connectivity index (χ1) is 9.47. The molecular formula is C14H18N2O2S2. The molecule has 6 heteroatoms. The molecule has 0 radical (unpaired) electrons. The lowest BCUT2D eigenvalue weighted by Gasteiger charge is -2.13. The number of rotatable bonds is 6. The zero-order valence-electron chi connectivity index (χ0n) is 11.5. The van der Waals surface area contributed by atoms with E-state index in [0.717, 1.165) is 10.7 Å². The van der Waals surface area contributed by atoms with Gasteiger partial charge in [-0.15, -0.1) is 11.3 Å². The third-order valence-electron chi connectivity index (χ3n) is 2.87. The Morgan fingerprint density at radius 2 is 2.00 bits per heavy atom. The van der Waals surface area contributed by atoms with Crippen molar-refractivity contribution >= 4 is 21.2 Å². The highest BCUT2D eigenvalue weighted by atomic mass is 32.2. The first-order valence-electron chi connectivity index (χ1n) is 6.39. The molecule has 0 amide bonds. The molecule has 1 N–H and O–H groups in total. The summed E-state index contributed by atoms with van der Waals surface area (Å²) in [5.74, 6) is 0.0835. The van der Waals surface area contributed by atoms with Gasteiger partial charge in [0.2, 0.25) is 0 Å². The number of benzene rings is 1. The molecule has 0 unspecified atom stereocenters. The topological polar surface area (TPSA) is 59.1 Å². The second kappa shape index (κ2) is 6.47. The molecule has 0 spiro atoms. The van der Waals surface area contributed by atoms with Crippen LogP contribution in [0.2, 0.25) is 0 Å². The number of aryl methyl sites for hydroxylation is 1. The van der Waals surface area contributed by atoms with Gasteiger partial charge in [0.1, 0.15) is 0 Å². The lowest BCUT2D eigenvalue weighted by molar-refractivity contribution is 0.553. The third kappa shape index (κ3) is 4.13. The second-order valence-electron chi connectivity index (χ2n) is 4.73. The molecule has 1 heterocycles. The third-order valence-corrected chi connectivity index (χ3v) is 5.62. The van der Waals surface area contributed by atoms with Crippen LogP contribution in [0.4, 0.5) is 0 Å². The molecule has 0 fully saturated rings. The van der Waals surface area contributed by atoms with Crippen LogP contribution < -0.4 is 5.32 Å². The van der Waals surface area contributed by atoms with Crippen molar-refractivity contribution in [1.29, 1.82) is 0 Å². The standard InChI is InChI=1S/C14H18N2O2S2/c1-11(15-8-13-9-19-12(2)16-13)10-20(17,18)14-6-4-3-5-7-14/h3-7,9,11,15H,8,10H2,1-2H3/t11-/m0/s1. The van der Waals surface area contributed by atoms with Crippen LogP contribution in [0, 0.1) is 6.92 Å². The molecular weight excluding hydrogens is 292 g/mol. The average molecular weight is 310 g/mol. The summed E-state index contributed by atoms with van der Waals surface area (Å²) in [5.41, 5.74) is 0.955. The highest BCUT2D eigenvalue weighted by molar-refractivity contribution is 7.91. The van der Waals surface area contributed by atoms with E-state index in [2.05, 4.69) is 10.3 Å². The van der Waals surface area contributed by atoms with Crippen molar-refractivity contribution in [2.45, 2.75) is 31.3 Å². The molecule has 1 aromatic heterocycles. The number of sulfone groups is 1. The average Bonchev–Trinajstić information content (AvgIpc) is 2.83. The summed E-state index contributed by atoms with van der Waals surface area (Å²) in [5, 5.41) is 6.21. The molecule has 1 atom stereocenters. The van der Waals surface area contributed by atoms with Gasteiger partial charge in [-0.1, -0.05) is 18.2 Å². The normalized spacial score (nSPS) is 13.3. The molecule has 2 rings (SSSR count). The van der Waals surface area contributed by atoms with Crippen molar-refractivity contribution < 1.29 is 8.42 Å². The zero-order valence-corrected chi connectivity index (χ0v) is 13.2. The van der Waals surface area contributed by atoms with Gasteiger partial charge >= 0.3 is 0 Å². The highest BCUT2D eigenvalue weighted by Crippen LogP contribution is 2.12. The minimum atomic E-state index is -3.24. The summed E-state index contributed by atoms with van der Waals surface area (Å²) in [6, 6.07) is 8.43. The molecule has 0 bridgehead atoms. The van der Waals surface area contributed by atoms with Crippen LogP contribution in [0.25, 0.3) is 0 Å². The maximum atomic E-state index is 12.2. The van der Waals surface area contributed by atoms with Gasteiger partial charge in [-0.2, -0.15) is 0 Å². The molecule has 0 saturated heterocycles. The molecule has 0 saturated carbocycles. The Kier molecular flexibility index (Phi) is 4.91. The molecule has 0 aliphatic carbocycles. The minimum absolute atomic E-state index is 0.0835. The van der Waals surface area contributed by atoms with Crippen molar-refractivity contribution in [2.24, 2.45) is 0 Å². The number of hydrogen-bond acceptors (Lipinski definition) is 5. The second-order valence-corrected chi connectivity index (χ2v) is 7.83. The SMILES string of the molecule is Cc1nc(CN[C@@H](C)CS(=O)(=O)c2ccccc2)cs1. The maximum absolute atomic E-state index is 12.2. The van der Waals surface area contributed by atoms with E-state index in [1.165, 1.54) is 0 Å². The van der Waals surface area contributed by atoms with E-state index in [-0.39, 0.29) is 11.8 Å². The number of thiazole rings is 1. The van der Waals surface area contributed by atoms with E-state index in [1.807, 2.05) is 25.3 Å². The van der Waals surface area contributed by atoms with Gasteiger partial charge in [0, 0.05) is 18.0 Å². The summed E-state index contributed by atoms with van der Waals surface area (Å²) < 4.78 is 24.4. The molecule has 2 aromatic rings. The van der Waals surface area contributed by atoms with Crippen LogP contribution in [-0.4, -0.2) is 25.2 Å². The van der Waals surface area contributed by atoms with Gasteiger partial charge in [0.05, 0.1) is 21.3 Å². The molecule has 4 nitrogen and oxygen atoms in total. The quantitative estimate of drug-likeness (QED) is 0.890. The van der Waals surface area contributed by atoms with Crippen LogP contribution in [0.1, 0.15) is 17.6 Å². The van der Waals surface area contributed by atoms with Gasteiger partial charge in [-0.3, -0.25) is 0 Å². The minimum Gasteiger partial charge on any atom is -0.308 e. The van der Waals surface area contributed by atoms with Crippen LogP contribution >= 0.6 is 11.3 Å². The zero-order chi connectivity index (χ0) is 14.6. The van der Waals surface area contributed by atoms with Gasteiger partial charge in [-0.25, -0.2) is 13.4 Å². The molecule has 108 valence electrons. The van der Waals surface area contributed by atoms with Crippen molar-refractivity contribution in [3.8, 4) is 0 Å². The number of aromatic nitrogens is 1. The Balaban J connectivity index is 1.92. The summed E-state index contributed by atoms with van der Waals surface area (Å²) in [6.07, 6.45) is 0. The van der Waals surface area contributed by atoms with Crippen molar-refractivity contribution in [1.82, 2.24) is 10.3 Å². The summed E-state index contributed by atoms with van der Waals surface area (Å²) >= 11 is 1.60. The van der Waals surface area contributed by atoms with Crippen molar-refractivity contribution in [3.05, 3.63) is 46.4 Å². The van der Waals surface area contributed by atoms with Gasteiger partial charge in [-0.05, 0) is 26.0 Å². The summed E-state index contributed by atoms with van der Waals surface area (Å²) in [6.45, 7) is 4.42. The Hall–Kier alpha value is -1.24. The largest absolute Gasteiger partial charge is 0.308 e. The molecule has 1 aromatic carbocycles. The fourth-order valence-corrected chi connectivity index (χ4v) is 4.03. The Morgan fingerprint density at radius 3 is 2.60 bits per heavy atom. The molecule has 0 aliphatic rings.